The number of benzene rings is 1. The lowest BCUT2D eigenvalue weighted by molar-refractivity contribution is 0.131. The molecule has 5 rings (SSSR count). The minimum Gasteiger partial charge on any atom is -0.379 e. The molecule has 28 heavy (non-hydrogen) atoms. The fraction of sp³-hybridized carbons (Fsp3) is 0.400. The average molecular weight is 418 g/mol. The Hall–Kier alpha value is -1.86. The molecular weight excluding hydrogens is 397 g/mol. The molecule has 2 aliphatic rings. The van der Waals surface area contributed by atoms with Gasteiger partial charge in [0.05, 0.1) is 29.5 Å². The third-order valence-corrected chi connectivity index (χ3v) is 6.99. The van der Waals surface area contributed by atoms with Crippen molar-refractivity contribution in [2.24, 2.45) is 11.1 Å². The molecule has 6 nitrogen and oxygen atoms in total. The van der Waals surface area contributed by atoms with E-state index in [1.54, 1.807) is 6.07 Å². The van der Waals surface area contributed by atoms with Gasteiger partial charge in [0.2, 0.25) is 0 Å². The summed E-state index contributed by atoms with van der Waals surface area (Å²) in [5.41, 5.74) is 9.68. The van der Waals surface area contributed by atoms with Gasteiger partial charge in [-0.25, -0.2) is 9.97 Å². The molecule has 2 saturated heterocycles. The highest BCUT2D eigenvalue weighted by Crippen LogP contribution is 2.40. The summed E-state index contributed by atoms with van der Waals surface area (Å²) in [6.07, 6.45) is 5.75. The van der Waals surface area contributed by atoms with Crippen LogP contribution in [0.25, 0.3) is 22.3 Å². The molecule has 3 N–H and O–H groups in total. The highest BCUT2D eigenvalue weighted by molar-refractivity contribution is 6.43. The Morgan fingerprint density at radius 1 is 1.21 bits per heavy atom. The zero-order chi connectivity index (χ0) is 19.3. The van der Waals surface area contributed by atoms with Crippen molar-refractivity contribution in [3.63, 3.8) is 0 Å². The quantitative estimate of drug-likeness (QED) is 0.661. The van der Waals surface area contributed by atoms with Crippen molar-refractivity contribution in [3.05, 3.63) is 40.6 Å². The van der Waals surface area contributed by atoms with Gasteiger partial charge in [-0.15, -0.1) is 0 Å². The van der Waals surface area contributed by atoms with Gasteiger partial charge < -0.3 is 20.4 Å². The number of rotatable bonds is 2. The molecule has 0 aliphatic carbocycles. The van der Waals surface area contributed by atoms with E-state index in [0.29, 0.717) is 16.7 Å². The van der Waals surface area contributed by atoms with Gasteiger partial charge in [-0.05, 0) is 18.9 Å². The monoisotopic (exact) mass is 417 g/mol. The smallest absolute Gasteiger partial charge is 0.159 e. The highest BCUT2D eigenvalue weighted by Gasteiger charge is 2.44. The number of nitrogens with zero attached hydrogens (tertiary/aromatic N) is 3. The van der Waals surface area contributed by atoms with Gasteiger partial charge in [0.1, 0.15) is 11.3 Å². The van der Waals surface area contributed by atoms with E-state index >= 15 is 0 Å². The van der Waals surface area contributed by atoms with Crippen molar-refractivity contribution < 1.29 is 4.74 Å². The summed E-state index contributed by atoms with van der Waals surface area (Å²) < 4.78 is 5.61. The summed E-state index contributed by atoms with van der Waals surface area (Å²) in [7, 11) is 0. The number of H-pyrrole nitrogens is 1. The molecule has 146 valence electrons. The second-order valence-corrected chi connectivity index (χ2v) is 8.49. The Balaban J connectivity index is 1.42. The molecule has 3 aromatic rings. The van der Waals surface area contributed by atoms with Gasteiger partial charge >= 0.3 is 0 Å². The first-order chi connectivity index (χ1) is 13.6. The van der Waals surface area contributed by atoms with Crippen LogP contribution in [0.5, 0.6) is 0 Å². The summed E-state index contributed by atoms with van der Waals surface area (Å²) in [4.78, 5) is 15.0. The molecule has 0 amide bonds. The van der Waals surface area contributed by atoms with Crippen LogP contribution < -0.4 is 10.6 Å². The average Bonchev–Trinajstić information content (AvgIpc) is 3.28. The molecule has 2 aromatic heterocycles. The Morgan fingerprint density at radius 2 is 2.04 bits per heavy atom. The van der Waals surface area contributed by atoms with Gasteiger partial charge in [0.15, 0.2) is 5.65 Å². The SMILES string of the molecule is N[C@@H]1COCC12CCN(c1cnc3c(-c4cccc(Cl)c4Cl)c[nH]c3n1)CC2. The van der Waals surface area contributed by atoms with E-state index in [2.05, 4.69) is 14.9 Å². The number of aromatic amines is 1. The standard InChI is InChI=1S/C20H21Cl2N5O/c21-14-3-1-2-12(17(14)22)13-8-25-19-18(13)24-9-16(26-19)27-6-4-20(5-7-27)11-28-10-15(20)23/h1-3,8-9,15H,4-7,10-11,23H2,(H,25,26)/t15-/m1/s1. The lowest BCUT2D eigenvalue weighted by Crippen LogP contribution is -2.49. The number of hydrogen-bond donors (Lipinski definition) is 2. The number of aromatic nitrogens is 3. The fourth-order valence-electron chi connectivity index (χ4n) is 4.33. The van der Waals surface area contributed by atoms with E-state index < -0.39 is 0 Å². The number of anilines is 1. The summed E-state index contributed by atoms with van der Waals surface area (Å²) in [6, 6.07) is 5.72. The number of halogens is 2. The van der Waals surface area contributed by atoms with Crippen LogP contribution in [0.3, 0.4) is 0 Å². The van der Waals surface area contributed by atoms with Gasteiger partial charge in [-0.2, -0.15) is 0 Å². The van der Waals surface area contributed by atoms with E-state index in [0.717, 1.165) is 60.6 Å². The molecule has 1 spiro atoms. The molecule has 0 bridgehead atoms. The first-order valence-corrected chi connectivity index (χ1v) is 10.2. The second-order valence-electron chi connectivity index (χ2n) is 7.70. The lowest BCUT2D eigenvalue weighted by Gasteiger charge is -2.41. The lowest BCUT2D eigenvalue weighted by atomic mass is 9.75. The maximum atomic E-state index is 6.39. The largest absolute Gasteiger partial charge is 0.379 e. The summed E-state index contributed by atoms with van der Waals surface area (Å²) >= 11 is 12.6. The summed E-state index contributed by atoms with van der Waals surface area (Å²) in [5, 5.41) is 1.04. The van der Waals surface area contributed by atoms with Crippen molar-refractivity contribution >= 4 is 40.2 Å². The van der Waals surface area contributed by atoms with E-state index in [1.165, 1.54) is 0 Å². The normalized spacial score (nSPS) is 21.7. The Bertz CT molecular complexity index is 1030. The maximum absolute atomic E-state index is 6.39. The van der Waals surface area contributed by atoms with E-state index in [9.17, 15) is 0 Å². The third kappa shape index (κ3) is 2.87. The first kappa shape index (κ1) is 18.2. The number of nitrogens with one attached hydrogen (secondary N) is 1. The predicted octanol–water partition coefficient (Wildman–Crippen LogP) is 3.88. The van der Waals surface area contributed by atoms with E-state index in [4.69, 9.17) is 38.7 Å². The summed E-state index contributed by atoms with van der Waals surface area (Å²) in [6.45, 7) is 3.26. The van der Waals surface area contributed by atoms with Crippen LogP contribution in [0, 0.1) is 5.41 Å². The number of hydrogen-bond acceptors (Lipinski definition) is 5. The highest BCUT2D eigenvalue weighted by atomic mass is 35.5. The van der Waals surface area contributed by atoms with Crippen LogP contribution in [-0.4, -0.2) is 47.3 Å². The van der Waals surface area contributed by atoms with Crippen LogP contribution in [0.1, 0.15) is 12.8 Å². The molecule has 2 fully saturated rings. The van der Waals surface area contributed by atoms with Crippen molar-refractivity contribution in [1.82, 2.24) is 15.0 Å². The van der Waals surface area contributed by atoms with Crippen molar-refractivity contribution in [1.29, 1.82) is 0 Å². The fourth-order valence-corrected chi connectivity index (χ4v) is 4.73. The maximum Gasteiger partial charge on any atom is 0.159 e. The van der Waals surface area contributed by atoms with Crippen LogP contribution in [-0.2, 0) is 4.74 Å². The molecular formula is C20H21Cl2N5O. The van der Waals surface area contributed by atoms with Crippen LogP contribution in [0.15, 0.2) is 30.6 Å². The molecule has 1 aromatic carbocycles. The molecule has 4 heterocycles. The van der Waals surface area contributed by atoms with Gasteiger partial charge in [0.25, 0.3) is 0 Å². The van der Waals surface area contributed by atoms with Crippen LogP contribution in [0.2, 0.25) is 10.0 Å². The van der Waals surface area contributed by atoms with E-state index in [1.807, 2.05) is 24.5 Å². The summed E-state index contributed by atoms with van der Waals surface area (Å²) in [5.74, 6) is 0.875. The predicted molar refractivity (Wildman–Crippen MR) is 112 cm³/mol. The first-order valence-electron chi connectivity index (χ1n) is 9.44. The second kappa shape index (κ2) is 6.88. The zero-order valence-corrected chi connectivity index (χ0v) is 16.8. The van der Waals surface area contributed by atoms with Crippen molar-refractivity contribution in [3.8, 4) is 11.1 Å². The van der Waals surface area contributed by atoms with Crippen molar-refractivity contribution in [2.45, 2.75) is 18.9 Å². The van der Waals surface area contributed by atoms with Crippen LogP contribution >= 0.6 is 23.2 Å². The molecule has 0 radical (unpaired) electrons. The number of fused-ring (bicyclic) bond motifs is 1. The van der Waals surface area contributed by atoms with Gasteiger partial charge in [-0.1, -0.05) is 35.3 Å². The van der Waals surface area contributed by atoms with Crippen LogP contribution in [0.4, 0.5) is 5.82 Å². The Kier molecular flexibility index (Phi) is 4.47. The minimum atomic E-state index is 0.122. The topological polar surface area (TPSA) is 80.1 Å². The van der Waals surface area contributed by atoms with Gasteiger partial charge in [-0.3, -0.25) is 0 Å². The van der Waals surface area contributed by atoms with Crippen molar-refractivity contribution in [2.75, 3.05) is 31.2 Å². The minimum absolute atomic E-state index is 0.122. The zero-order valence-electron chi connectivity index (χ0n) is 15.3. The molecule has 1 atom stereocenters. The number of ether oxygens (including phenoxy) is 1. The molecule has 0 saturated carbocycles. The number of nitrogens with two attached hydrogens (primary N) is 1. The molecule has 2 aliphatic heterocycles. The van der Waals surface area contributed by atoms with Gasteiger partial charge in [0, 0.05) is 41.9 Å². The molecule has 0 unspecified atom stereocenters. The molecule has 8 heteroatoms. The van der Waals surface area contributed by atoms with E-state index in [-0.39, 0.29) is 11.5 Å². The third-order valence-electron chi connectivity index (χ3n) is 6.17. The number of piperidine rings is 1. The Labute approximate surface area is 173 Å². The Morgan fingerprint density at radius 3 is 2.79 bits per heavy atom.